The molecule has 0 bridgehead atoms. The molecule has 0 spiro atoms. The van der Waals surface area contributed by atoms with Crippen LogP contribution in [-0.2, 0) is 9.53 Å². The second-order valence-electron chi connectivity index (χ2n) is 5.46. The van der Waals surface area contributed by atoms with E-state index in [0.29, 0.717) is 5.92 Å². The average molecular weight is 287 g/mol. The number of hydrogen-bond acceptors (Lipinski definition) is 2. The van der Waals surface area contributed by atoms with Crippen LogP contribution in [0.4, 0.5) is 0 Å². The molecule has 0 rings (SSSR count). The molecule has 0 aliphatic rings. The molecule has 0 aromatic heterocycles. The van der Waals surface area contributed by atoms with Crippen LogP contribution >= 0.6 is 11.6 Å². The quantitative estimate of drug-likeness (QED) is 0.275. The lowest BCUT2D eigenvalue weighted by molar-refractivity contribution is -0.134. The van der Waals surface area contributed by atoms with Gasteiger partial charge in [-0.05, 0) is 51.0 Å². The normalized spacial score (nSPS) is 17.3. The molecule has 2 unspecified atom stereocenters. The minimum absolute atomic E-state index is 0.0708. The number of halogens is 1. The second-order valence-corrected chi connectivity index (χ2v) is 6.37. The van der Waals surface area contributed by atoms with Gasteiger partial charge in [0.25, 0.3) is 0 Å². The summed E-state index contributed by atoms with van der Waals surface area (Å²) in [6.45, 7) is 8.34. The zero-order valence-electron chi connectivity index (χ0n) is 12.8. The van der Waals surface area contributed by atoms with E-state index < -0.39 is 0 Å². The highest BCUT2D eigenvalue weighted by atomic mass is 35.5. The predicted octanol–water partition coefficient (Wildman–Crippen LogP) is 4.88. The van der Waals surface area contributed by atoms with Crippen LogP contribution in [0.3, 0.4) is 0 Å². The summed E-state index contributed by atoms with van der Waals surface area (Å²) < 4.78 is 4.57. The Labute approximate surface area is 122 Å². The molecule has 0 radical (unpaired) electrons. The third-order valence-electron chi connectivity index (χ3n) is 3.36. The molecular weight excluding hydrogens is 260 g/mol. The van der Waals surface area contributed by atoms with Crippen molar-refractivity contribution < 1.29 is 9.53 Å². The maximum Gasteiger partial charge on any atom is 0.330 e. The third-order valence-corrected chi connectivity index (χ3v) is 3.82. The van der Waals surface area contributed by atoms with Gasteiger partial charge in [0.2, 0.25) is 0 Å². The van der Waals surface area contributed by atoms with Crippen LogP contribution in [0, 0.1) is 5.92 Å². The van der Waals surface area contributed by atoms with Crippen LogP contribution in [0.1, 0.15) is 53.4 Å². The van der Waals surface area contributed by atoms with Crippen molar-refractivity contribution in [1.82, 2.24) is 0 Å². The molecule has 0 saturated heterocycles. The summed E-state index contributed by atoms with van der Waals surface area (Å²) in [7, 11) is 1.38. The molecule has 0 heterocycles. The van der Waals surface area contributed by atoms with Gasteiger partial charge in [-0.3, -0.25) is 0 Å². The fourth-order valence-corrected chi connectivity index (χ4v) is 1.73. The van der Waals surface area contributed by atoms with Gasteiger partial charge in [0.05, 0.1) is 7.11 Å². The van der Waals surface area contributed by atoms with Gasteiger partial charge in [0.1, 0.15) is 0 Å². The summed E-state index contributed by atoms with van der Waals surface area (Å²) in [5.41, 5.74) is 0.912. The van der Waals surface area contributed by atoms with Gasteiger partial charge in [-0.25, -0.2) is 4.79 Å². The van der Waals surface area contributed by atoms with Crippen molar-refractivity contribution in [3.05, 3.63) is 23.8 Å². The van der Waals surface area contributed by atoms with E-state index in [1.54, 1.807) is 0 Å². The number of carbonyl (C=O) groups excluding carboxylic acids is 1. The minimum atomic E-state index is -0.309. The summed E-state index contributed by atoms with van der Waals surface area (Å²) >= 11 is 6.34. The zero-order chi connectivity index (χ0) is 14.9. The predicted molar refractivity (Wildman–Crippen MR) is 82.5 cm³/mol. The van der Waals surface area contributed by atoms with Gasteiger partial charge in [0.15, 0.2) is 0 Å². The highest BCUT2D eigenvalue weighted by Gasteiger charge is 2.18. The maximum absolute atomic E-state index is 11.0. The van der Waals surface area contributed by atoms with E-state index in [4.69, 9.17) is 11.6 Å². The largest absolute Gasteiger partial charge is 0.466 e. The molecule has 0 N–H and O–H groups in total. The SMILES string of the molecule is CCC(C)(Cl)CCC(C)CC=CC(C)=CC(=O)OC. The van der Waals surface area contributed by atoms with E-state index in [9.17, 15) is 4.79 Å². The fraction of sp³-hybridized carbons (Fsp3) is 0.688. The van der Waals surface area contributed by atoms with Crippen LogP contribution in [-0.4, -0.2) is 18.0 Å². The average Bonchev–Trinajstić information content (AvgIpc) is 2.36. The summed E-state index contributed by atoms with van der Waals surface area (Å²) in [4.78, 5) is 10.9. The second kappa shape index (κ2) is 9.19. The Hall–Kier alpha value is -0.760. The van der Waals surface area contributed by atoms with E-state index in [1.165, 1.54) is 13.2 Å². The molecule has 0 saturated carbocycles. The first-order valence-electron chi connectivity index (χ1n) is 6.92. The third kappa shape index (κ3) is 9.77. The first-order chi connectivity index (χ1) is 8.80. The Kier molecular flexibility index (Phi) is 8.82. The van der Waals surface area contributed by atoms with E-state index in [0.717, 1.165) is 31.3 Å². The molecule has 2 atom stereocenters. The topological polar surface area (TPSA) is 26.3 Å². The molecule has 0 aromatic rings. The number of carbonyl (C=O) groups is 1. The summed E-state index contributed by atoms with van der Waals surface area (Å²) in [5, 5.41) is 0. The van der Waals surface area contributed by atoms with Crippen molar-refractivity contribution in [2.45, 2.75) is 58.3 Å². The number of allylic oxidation sites excluding steroid dienone is 3. The molecule has 110 valence electrons. The van der Waals surface area contributed by atoms with Crippen molar-refractivity contribution in [2.24, 2.45) is 5.92 Å². The van der Waals surface area contributed by atoms with Gasteiger partial charge < -0.3 is 4.74 Å². The summed E-state index contributed by atoms with van der Waals surface area (Å²) in [6.07, 6.45) is 9.73. The number of hydrogen-bond donors (Lipinski definition) is 0. The van der Waals surface area contributed by atoms with Crippen molar-refractivity contribution in [3.63, 3.8) is 0 Å². The number of esters is 1. The van der Waals surface area contributed by atoms with Crippen molar-refractivity contribution in [3.8, 4) is 0 Å². The fourth-order valence-electron chi connectivity index (χ4n) is 1.62. The standard InChI is InChI=1S/C16H27ClO2/c1-6-16(4,17)11-10-13(2)8-7-9-14(3)12-15(18)19-5/h7,9,12-13H,6,8,10-11H2,1-5H3. The summed E-state index contributed by atoms with van der Waals surface area (Å²) in [6, 6.07) is 0. The van der Waals surface area contributed by atoms with Crippen LogP contribution < -0.4 is 0 Å². The number of methoxy groups -OCH3 is 1. The lowest BCUT2D eigenvalue weighted by Gasteiger charge is -2.21. The zero-order valence-corrected chi connectivity index (χ0v) is 13.6. The molecule has 0 fully saturated rings. The summed E-state index contributed by atoms with van der Waals surface area (Å²) in [5.74, 6) is 0.294. The lowest BCUT2D eigenvalue weighted by atomic mass is 9.93. The van der Waals surface area contributed by atoms with Gasteiger partial charge >= 0.3 is 5.97 Å². The highest BCUT2D eigenvalue weighted by molar-refractivity contribution is 6.23. The molecule has 0 aliphatic heterocycles. The van der Waals surface area contributed by atoms with E-state index in [-0.39, 0.29) is 10.8 Å². The van der Waals surface area contributed by atoms with Gasteiger partial charge in [-0.2, -0.15) is 0 Å². The molecule has 0 aliphatic carbocycles. The van der Waals surface area contributed by atoms with Crippen LogP contribution in [0.2, 0.25) is 0 Å². The number of alkyl halides is 1. The Morgan fingerprint density at radius 3 is 2.63 bits per heavy atom. The Morgan fingerprint density at radius 1 is 1.47 bits per heavy atom. The van der Waals surface area contributed by atoms with Crippen LogP contribution in [0.5, 0.6) is 0 Å². The van der Waals surface area contributed by atoms with Crippen molar-refractivity contribution in [1.29, 1.82) is 0 Å². The first-order valence-corrected chi connectivity index (χ1v) is 7.30. The molecule has 0 amide bonds. The van der Waals surface area contributed by atoms with E-state index in [2.05, 4.69) is 31.6 Å². The monoisotopic (exact) mass is 286 g/mol. The molecule has 3 heteroatoms. The molecule has 19 heavy (non-hydrogen) atoms. The lowest BCUT2D eigenvalue weighted by Crippen LogP contribution is -2.15. The Bertz CT molecular complexity index is 330. The minimum Gasteiger partial charge on any atom is -0.466 e. The Morgan fingerprint density at radius 2 is 2.11 bits per heavy atom. The highest BCUT2D eigenvalue weighted by Crippen LogP contribution is 2.27. The van der Waals surface area contributed by atoms with Gasteiger partial charge in [0, 0.05) is 11.0 Å². The van der Waals surface area contributed by atoms with E-state index >= 15 is 0 Å². The van der Waals surface area contributed by atoms with Gasteiger partial charge in [-0.1, -0.05) is 26.0 Å². The smallest absolute Gasteiger partial charge is 0.330 e. The maximum atomic E-state index is 11.0. The molecule has 2 nitrogen and oxygen atoms in total. The first kappa shape index (κ1) is 18.2. The Balaban J connectivity index is 4.06. The van der Waals surface area contributed by atoms with Crippen LogP contribution in [0.25, 0.3) is 0 Å². The number of rotatable bonds is 8. The molecular formula is C16H27ClO2. The van der Waals surface area contributed by atoms with Gasteiger partial charge in [-0.15, -0.1) is 11.6 Å². The van der Waals surface area contributed by atoms with Crippen molar-refractivity contribution in [2.75, 3.05) is 7.11 Å². The van der Waals surface area contributed by atoms with E-state index in [1.807, 2.05) is 13.0 Å². The molecule has 0 aromatic carbocycles. The van der Waals surface area contributed by atoms with Crippen molar-refractivity contribution >= 4 is 17.6 Å². The number of ether oxygens (including phenoxy) is 1. The van der Waals surface area contributed by atoms with Crippen LogP contribution in [0.15, 0.2) is 23.8 Å².